The van der Waals surface area contributed by atoms with Crippen LogP contribution in [0, 0.1) is 12.3 Å². The van der Waals surface area contributed by atoms with Gasteiger partial charge in [0.2, 0.25) is 0 Å². The van der Waals surface area contributed by atoms with Crippen molar-refractivity contribution in [1.29, 1.82) is 5.41 Å². The Hall–Kier alpha value is -1.60. The molecule has 15 heavy (non-hydrogen) atoms. The topological polar surface area (TPSA) is 122 Å². The van der Waals surface area contributed by atoms with E-state index in [0.717, 1.165) is 0 Å². The van der Waals surface area contributed by atoms with E-state index in [0.29, 0.717) is 11.1 Å². The quantitative estimate of drug-likeness (QED) is 0.426. The van der Waals surface area contributed by atoms with Crippen LogP contribution in [0.5, 0.6) is 0 Å². The average molecular weight is 228 g/mol. The highest BCUT2D eigenvalue weighted by Crippen LogP contribution is 2.19. The van der Waals surface area contributed by atoms with E-state index in [1.54, 1.807) is 19.1 Å². The third-order valence-corrected chi connectivity index (χ3v) is 2.30. The van der Waals surface area contributed by atoms with Crippen LogP contribution in [0.2, 0.25) is 0 Å². The molecule has 6 nitrogen and oxygen atoms in total. The number of nitrogens with one attached hydrogen (secondary N) is 2. The fraction of sp³-hybridized carbons (Fsp3) is 0.125. The van der Waals surface area contributed by atoms with Gasteiger partial charge in [-0.25, -0.2) is 5.14 Å². The first-order chi connectivity index (χ1) is 6.81. The van der Waals surface area contributed by atoms with E-state index < -0.39 is 10.2 Å². The minimum atomic E-state index is -3.85. The van der Waals surface area contributed by atoms with Gasteiger partial charge in [0.05, 0.1) is 5.69 Å². The number of hydrogen-bond acceptors (Lipinski definition) is 3. The Balaban J connectivity index is 3.30. The molecule has 7 heteroatoms. The summed E-state index contributed by atoms with van der Waals surface area (Å²) < 4.78 is 23.8. The Morgan fingerprint density at radius 3 is 2.53 bits per heavy atom. The molecule has 0 atom stereocenters. The SMILES string of the molecule is Cc1cccc(NS(N)(=O)=O)c1C(=N)N. The lowest BCUT2D eigenvalue weighted by Crippen LogP contribution is -2.24. The lowest BCUT2D eigenvalue weighted by atomic mass is 10.1. The highest BCUT2D eigenvalue weighted by molar-refractivity contribution is 7.90. The minimum Gasteiger partial charge on any atom is -0.384 e. The zero-order valence-electron chi connectivity index (χ0n) is 8.11. The van der Waals surface area contributed by atoms with Gasteiger partial charge in [0.15, 0.2) is 0 Å². The predicted molar refractivity (Wildman–Crippen MR) is 58.9 cm³/mol. The van der Waals surface area contributed by atoms with Crippen LogP contribution < -0.4 is 15.6 Å². The van der Waals surface area contributed by atoms with Crippen LogP contribution in [0.15, 0.2) is 18.2 Å². The largest absolute Gasteiger partial charge is 0.384 e. The molecule has 0 aromatic heterocycles. The number of hydrogen-bond donors (Lipinski definition) is 4. The highest BCUT2D eigenvalue weighted by Gasteiger charge is 2.11. The second kappa shape index (κ2) is 3.87. The summed E-state index contributed by atoms with van der Waals surface area (Å²) in [7, 11) is -3.85. The van der Waals surface area contributed by atoms with E-state index >= 15 is 0 Å². The van der Waals surface area contributed by atoms with Crippen molar-refractivity contribution >= 4 is 21.7 Å². The van der Waals surface area contributed by atoms with Gasteiger partial charge >= 0.3 is 0 Å². The van der Waals surface area contributed by atoms with Crippen molar-refractivity contribution in [3.63, 3.8) is 0 Å². The highest BCUT2D eigenvalue weighted by atomic mass is 32.2. The number of aryl methyl sites for hydroxylation is 1. The van der Waals surface area contributed by atoms with Crippen molar-refractivity contribution in [1.82, 2.24) is 0 Å². The van der Waals surface area contributed by atoms with Crippen LogP contribution in [0.4, 0.5) is 5.69 Å². The van der Waals surface area contributed by atoms with Crippen LogP contribution >= 0.6 is 0 Å². The average Bonchev–Trinajstić information content (AvgIpc) is 1.99. The number of nitrogens with two attached hydrogens (primary N) is 2. The predicted octanol–water partition coefficient (Wildman–Crippen LogP) is -0.106. The van der Waals surface area contributed by atoms with Gasteiger partial charge in [-0.15, -0.1) is 0 Å². The van der Waals surface area contributed by atoms with Crippen LogP contribution in [-0.4, -0.2) is 14.3 Å². The molecule has 0 bridgehead atoms. The molecule has 1 aromatic rings. The van der Waals surface area contributed by atoms with E-state index in [2.05, 4.69) is 4.72 Å². The summed E-state index contributed by atoms with van der Waals surface area (Å²) in [6, 6.07) is 4.87. The second-order valence-corrected chi connectivity index (χ2v) is 4.35. The summed E-state index contributed by atoms with van der Waals surface area (Å²) in [6.45, 7) is 1.73. The minimum absolute atomic E-state index is 0.209. The summed E-state index contributed by atoms with van der Waals surface area (Å²) in [5.41, 5.74) is 6.60. The van der Waals surface area contributed by atoms with E-state index in [9.17, 15) is 8.42 Å². The van der Waals surface area contributed by atoms with Crippen molar-refractivity contribution in [2.75, 3.05) is 4.72 Å². The Labute approximate surface area is 88.0 Å². The summed E-state index contributed by atoms with van der Waals surface area (Å²) in [5.74, 6) is -0.209. The van der Waals surface area contributed by atoms with Gasteiger partial charge in [0.1, 0.15) is 5.84 Å². The van der Waals surface area contributed by atoms with Crippen LogP contribution in [-0.2, 0) is 10.2 Å². The van der Waals surface area contributed by atoms with Gasteiger partial charge in [0.25, 0.3) is 10.2 Å². The maximum absolute atomic E-state index is 10.8. The first kappa shape index (κ1) is 11.5. The van der Waals surface area contributed by atoms with Crippen LogP contribution in [0.25, 0.3) is 0 Å². The van der Waals surface area contributed by atoms with E-state index in [4.69, 9.17) is 16.3 Å². The Bertz CT molecular complexity index is 495. The zero-order valence-corrected chi connectivity index (χ0v) is 8.93. The maximum Gasteiger partial charge on any atom is 0.296 e. The molecule has 1 aromatic carbocycles. The Morgan fingerprint density at radius 1 is 1.47 bits per heavy atom. The van der Waals surface area contributed by atoms with E-state index in [1.165, 1.54) is 6.07 Å². The van der Waals surface area contributed by atoms with Crippen molar-refractivity contribution in [3.8, 4) is 0 Å². The van der Waals surface area contributed by atoms with Gasteiger partial charge in [-0.1, -0.05) is 12.1 Å². The van der Waals surface area contributed by atoms with Gasteiger partial charge in [-0.3, -0.25) is 10.1 Å². The number of nitrogen functional groups attached to an aromatic ring is 1. The van der Waals surface area contributed by atoms with Gasteiger partial charge in [0, 0.05) is 5.56 Å². The molecule has 6 N–H and O–H groups in total. The van der Waals surface area contributed by atoms with E-state index in [-0.39, 0.29) is 11.5 Å². The summed E-state index contributed by atoms with van der Waals surface area (Å²) in [5, 5.41) is 12.2. The Kier molecular flexibility index (Phi) is 2.96. The summed E-state index contributed by atoms with van der Waals surface area (Å²) in [6.07, 6.45) is 0. The van der Waals surface area contributed by atoms with Crippen LogP contribution in [0.1, 0.15) is 11.1 Å². The zero-order chi connectivity index (χ0) is 11.6. The summed E-state index contributed by atoms with van der Waals surface area (Å²) >= 11 is 0. The molecule has 0 heterocycles. The van der Waals surface area contributed by atoms with Gasteiger partial charge < -0.3 is 5.73 Å². The maximum atomic E-state index is 10.8. The van der Waals surface area contributed by atoms with Gasteiger partial charge in [-0.05, 0) is 18.6 Å². The molecule has 0 saturated heterocycles. The lowest BCUT2D eigenvalue weighted by molar-refractivity contribution is 0.603. The first-order valence-electron chi connectivity index (χ1n) is 4.06. The molecule has 0 radical (unpaired) electrons. The molecule has 1 rings (SSSR count). The molecule has 0 spiro atoms. The molecular formula is C8H12N4O2S. The molecule has 0 fully saturated rings. The molecule has 0 aliphatic carbocycles. The molecule has 0 aliphatic rings. The number of anilines is 1. The molecule has 82 valence electrons. The van der Waals surface area contributed by atoms with Crippen molar-refractivity contribution in [2.24, 2.45) is 10.9 Å². The number of benzene rings is 1. The summed E-state index contributed by atoms with van der Waals surface area (Å²) in [4.78, 5) is 0. The third kappa shape index (κ3) is 2.93. The molecule has 0 saturated carbocycles. The van der Waals surface area contributed by atoms with Gasteiger partial charge in [-0.2, -0.15) is 8.42 Å². The molecule has 0 amide bonds. The number of rotatable bonds is 3. The second-order valence-electron chi connectivity index (χ2n) is 3.06. The first-order valence-corrected chi connectivity index (χ1v) is 5.60. The monoisotopic (exact) mass is 228 g/mol. The smallest absolute Gasteiger partial charge is 0.296 e. The van der Waals surface area contributed by atoms with Crippen LogP contribution in [0.3, 0.4) is 0 Å². The standard InChI is InChI=1S/C8H12N4O2S/c1-5-3-2-4-6(7(5)8(9)10)12-15(11,13)14/h2-4,12H,1H3,(H3,9,10)(H2,11,13,14). The fourth-order valence-corrected chi connectivity index (χ4v) is 1.74. The third-order valence-electron chi connectivity index (χ3n) is 1.79. The van der Waals surface area contributed by atoms with E-state index in [1.807, 2.05) is 0 Å². The molecular weight excluding hydrogens is 216 g/mol. The lowest BCUT2D eigenvalue weighted by Gasteiger charge is -2.11. The normalized spacial score (nSPS) is 11.1. The molecule has 0 unspecified atom stereocenters. The number of amidine groups is 1. The van der Waals surface area contributed by atoms with Crippen molar-refractivity contribution in [2.45, 2.75) is 6.92 Å². The van der Waals surface area contributed by atoms with Crippen molar-refractivity contribution in [3.05, 3.63) is 29.3 Å². The molecule has 0 aliphatic heterocycles. The fourth-order valence-electron chi connectivity index (χ4n) is 1.26. The Morgan fingerprint density at radius 2 is 2.07 bits per heavy atom. The van der Waals surface area contributed by atoms with Crippen molar-refractivity contribution < 1.29 is 8.42 Å².